The van der Waals surface area contributed by atoms with E-state index in [1.165, 1.54) is 45.8 Å². The molecule has 0 amide bonds. The smallest absolute Gasteiger partial charge is 0.308 e. The number of aromatic amines is 2. The molecule has 0 spiro atoms. The van der Waals surface area contributed by atoms with Crippen molar-refractivity contribution in [2.45, 2.75) is 101 Å². The first-order valence-electron chi connectivity index (χ1n) is 15.5. The van der Waals surface area contributed by atoms with E-state index in [2.05, 4.69) is 84.4 Å². The summed E-state index contributed by atoms with van der Waals surface area (Å²) in [5.74, 6) is 0.0767. The van der Waals surface area contributed by atoms with E-state index in [0.717, 1.165) is 76.8 Å². The minimum Gasteiger partial charge on any atom is -0.422 e. The van der Waals surface area contributed by atoms with E-state index in [1.54, 1.807) is 0 Å². The fraction of sp³-hybridized carbons (Fsp3) is 0.417. The number of fused-ring (bicyclic) bond motifs is 8. The van der Waals surface area contributed by atoms with Crippen LogP contribution in [0.15, 0.2) is 12.1 Å². The van der Waals surface area contributed by atoms with Crippen molar-refractivity contribution >= 4 is 50.3 Å². The Morgan fingerprint density at radius 3 is 1.40 bits per heavy atom. The lowest BCUT2D eigenvalue weighted by atomic mass is 9.99. The second-order valence-corrected chi connectivity index (χ2v) is 11.4. The number of hydrogen-bond donors (Lipinski definition) is 2. The number of hydrogen-bond acceptors (Lipinski definition) is 4. The summed E-state index contributed by atoms with van der Waals surface area (Å²) in [5.41, 5.74) is 18.5. The van der Waals surface area contributed by atoms with E-state index in [4.69, 9.17) is 14.7 Å². The average molecular weight is 565 g/mol. The third-order valence-corrected chi connectivity index (χ3v) is 9.14. The van der Waals surface area contributed by atoms with Crippen LogP contribution in [0.5, 0.6) is 5.75 Å². The molecule has 0 aromatic carbocycles. The highest BCUT2D eigenvalue weighted by molar-refractivity contribution is 5.99. The maximum atomic E-state index is 12.5. The molecule has 3 aromatic heterocycles. The SMILES string of the molecule is CCC1=C(C)c2cc3[nH]c(c(C)c3CC)c(CC)c3[nH]c(cc4nc(c(OC(C)=O)c1n2)C(CC)=C4C)c(CC)c3C. The highest BCUT2D eigenvalue weighted by Gasteiger charge is 2.28. The van der Waals surface area contributed by atoms with Gasteiger partial charge in [0.2, 0.25) is 0 Å². The summed E-state index contributed by atoms with van der Waals surface area (Å²) in [4.78, 5) is 30.5. The number of nitrogens with zero attached hydrogens (tertiary/aromatic N) is 2. The Morgan fingerprint density at radius 2 is 1.07 bits per heavy atom. The van der Waals surface area contributed by atoms with Crippen LogP contribution in [0.3, 0.4) is 0 Å². The largest absolute Gasteiger partial charge is 0.422 e. The molecule has 0 fully saturated rings. The summed E-state index contributed by atoms with van der Waals surface area (Å²) in [5, 5.41) is 0. The Hall–Kier alpha value is -3.93. The zero-order chi connectivity index (χ0) is 30.5. The monoisotopic (exact) mass is 564 g/mol. The van der Waals surface area contributed by atoms with Crippen molar-refractivity contribution in [1.82, 2.24) is 19.9 Å². The van der Waals surface area contributed by atoms with Gasteiger partial charge in [-0.05, 0) is 122 Å². The molecule has 5 rings (SSSR count). The quantitative estimate of drug-likeness (QED) is 0.292. The fourth-order valence-electron chi connectivity index (χ4n) is 6.91. The van der Waals surface area contributed by atoms with Crippen LogP contribution in [0.25, 0.3) is 44.4 Å². The van der Waals surface area contributed by atoms with Gasteiger partial charge in [0.25, 0.3) is 0 Å². The lowest BCUT2D eigenvalue weighted by Crippen LogP contribution is -2.06. The number of carbonyl (C=O) groups is 1. The Bertz CT molecular complexity index is 1720. The zero-order valence-corrected chi connectivity index (χ0v) is 26.9. The normalized spacial score (nSPS) is 13.4. The molecule has 0 saturated carbocycles. The van der Waals surface area contributed by atoms with Crippen molar-refractivity contribution in [2.24, 2.45) is 0 Å². The van der Waals surface area contributed by atoms with Crippen LogP contribution in [0.2, 0.25) is 0 Å². The summed E-state index contributed by atoms with van der Waals surface area (Å²) in [6.45, 7) is 21.0. The number of aryl methyl sites for hydroxylation is 5. The van der Waals surface area contributed by atoms with Crippen LogP contribution < -0.4 is 4.74 Å². The second kappa shape index (κ2) is 11.4. The summed E-state index contributed by atoms with van der Waals surface area (Å²) >= 11 is 0. The first kappa shape index (κ1) is 29.6. The van der Waals surface area contributed by atoms with E-state index < -0.39 is 0 Å². The number of nitrogens with one attached hydrogen (secondary N) is 2. The molecule has 2 aliphatic heterocycles. The van der Waals surface area contributed by atoms with Crippen LogP contribution in [0, 0.1) is 13.8 Å². The number of H-pyrrole nitrogens is 2. The van der Waals surface area contributed by atoms with Crippen LogP contribution in [0.4, 0.5) is 0 Å². The lowest BCUT2D eigenvalue weighted by Gasteiger charge is -2.10. The zero-order valence-electron chi connectivity index (χ0n) is 26.9. The second-order valence-electron chi connectivity index (χ2n) is 11.4. The van der Waals surface area contributed by atoms with Crippen LogP contribution >= 0.6 is 0 Å². The van der Waals surface area contributed by atoms with Gasteiger partial charge in [-0.25, -0.2) is 9.97 Å². The number of aromatic nitrogens is 4. The molecule has 220 valence electrons. The minimum atomic E-state index is -0.376. The molecule has 8 bridgehead atoms. The standard InChI is InChI=1S/C36H44N4O2/c1-11-23-20(8)32-27(15-5)33-21(9)24(12-2)31(40-33)17-29-19(7)26(14-4)35(38-29)36(42-22(10)41)34-25(13-3)18(6)28(37-34)16-30(23)39-32/h16-17,39-40H,11-15H2,1-10H3. The number of ether oxygens (including phenoxy) is 1. The Morgan fingerprint density at radius 1 is 0.667 bits per heavy atom. The Kier molecular flexibility index (Phi) is 8.02. The van der Waals surface area contributed by atoms with Crippen LogP contribution in [-0.2, 0) is 24.1 Å². The van der Waals surface area contributed by atoms with E-state index >= 15 is 0 Å². The molecule has 2 N–H and O–H groups in total. The molecule has 6 heteroatoms. The Balaban J connectivity index is 2.11. The number of carbonyl (C=O) groups excluding carboxylic acids is 1. The molecule has 6 nitrogen and oxygen atoms in total. The predicted molar refractivity (Wildman–Crippen MR) is 175 cm³/mol. The van der Waals surface area contributed by atoms with Gasteiger partial charge in [0, 0.05) is 29.0 Å². The average Bonchev–Trinajstić information content (AvgIpc) is 3.64. The van der Waals surface area contributed by atoms with Gasteiger partial charge in [-0.15, -0.1) is 0 Å². The molecule has 0 aliphatic carbocycles. The van der Waals surface area contributed by atoms with Gasteiger partial charge in [0.15, 0.2) is 5.75 Å². The molecule has 0 atom stereocenters. The van der Waals surface area contributed by atoms with Gasteiger partial charge in [-0.2, -0.15) is 0 Å². The first-order valence-corrected chi connectivity index (χ1v) is 15.5. The molecule has 5 heterocycles. The van der Waals surface area contributed by atoms with Crippen molar-refractivity contribution < 1.29 is 9.53 Å². The van der Waals surface area contributed by atoms with Crippen molar-refractivity contribution in [3.05, 3.63) is 62.7 Å². The summed E-state index contributed by atoms with van der Waals surface area (Å²) in [7, 11) is 0. The van der Waals surface area contributed by atoms with Crippen molar-refractivity contribution in [2.75, 3.05) is 0 Å². The van der Waals surface area contributed by atoms with Gasteiger partial charge >= 0.3 is 5.97 Å². The maximum absolute atomic E-state index is 12.5. The summed E-state index contributed by atoms with van der Waals surface area (Å²) < 4.78 is 6.01. The molecule has 3 aromatic rings. The van der Waals surface area contributed by atoms with Crippen molar-refractivity contribution in [3.8, 4) is 5.75 Å². The highest BCUT2D eigenvalue weighted by atomic mass is 16.5. The first-order chi connectivity index (χ1) is 20.1. The lowest BCUT2D eigenvalue weighted by molar-refractivity contribution is -0.131. The van der Waals surface area contributed by atoms with Gasteiger partial charge in [-0.1, -0.05) is 34.6 Å². The third-order valence-electron chi connectivity index (χ3n) is 9.14. The van der Waals surface area contributed by atoms with Gasteiger partial charge < -0.3 is 14.7 Å². The van der Waals surface area contributed by atoms with Gasteiger partial charge in [0.1, 0.15) is 11.4 Å². The number of rotatable bonds is 6. The highest BCUT2D eigenvalue weighted by Crippen LogP contribution is 2.43. The van der Waals surface area contributed by atoms with Crippen LogP contribution in [-0.4, -0.2) is 25.9 Å². The molecule has 2 aliphatic rings. The summed E-state index contributed by atoms with van der Waals surface area (Å²) in [6, 6.07) is 4.35. The molecule has 0 saturated heterocycles. The molecule has 0 radical (unpaired) electrons. The predicted octanol–water partition coefficient (Wildman–Crippen LogP) is 9.23. The Labute approximate surface area is 249 Å². The fourth-order valence-corrected chi connectivity index (χ4v) is 6.91. The van der Waals surface area contributed by atoms with Crippen molar-refractivity contribution in [3.63, 3.8) is 0 Å². The van der Waals surface area contributed by atoms with E-state index in [-0.39, 0.29) is 5.97 Å². The van der Waals surface area contributed by atoms with Gasteiger partial charge in [0.05, 0.1) is 11.4 Å². The van der Waals surface area contributed by atoms with Gasteiger partial charge in [-0.3, -0.25) is 4.79 Å². The maximum Gasteiger partial charge on any atom is 0.308 e. The number of esters is 1. The van der Waals surface area contributed by atoms with Crippen LogP contribution in [0.1, 0.15) is 119 Å². The third kappa shape index (κ3) is 4.61. The molecular formula is C36H44N4O2. The molecule has 0 unspecified atom stereocenters. The summed E-state index contributed by atoms with van der Waals surface area (Å²) in [6.07, 6.45) is 4.24. The minimum absolute atomic E-state index is 0.376. The molecule has 42 heavy (non-hydrogen) atoms. The number of allylic oxidation sites excluding steroid dienone is 4. The topological polar surface area (TPSA) is 83.7 Å². The van der Waals surface area contributed by atoms with E-state index in [9.17, 15) is 4.79 Å². The van der Waals surface area contributed by atoms with E-state index in [1.807, 2.05) is 0 Å². The van der Waals surface area contributed by atoms with E-state index in [0.29, 0.717) is 17.1 Å². The van der Waals surface area contributed by atoms with Crippen molar-refractivity contribution in [1.29, 1.82) is 0 Å². The molecular weight excluding hydrogens is 520 g/mol.